The number of aryl methyl sites for hydroxylation is 1. The van der Waals surface area contributed by atoms with Crippen molar-refractivity contribution in [3.8, 4) is 5.75 Å². The van der Waals surface area contributed by atoms with Gasteiger partial charge in [0.1, 0.15) is 5.82 Å². The Morgan fingerprint density at radius 2 is 2.05 bits per heavy atom. The summed E-state index contributed by atoms with van der Waals surface area (Å²) in [5, 5.41) is 10.8. The van der Waals surface area contributed by atoms with Gasteiger partial charge in [-0.05, 0) is 36.6 Å². The lowest BCUT2D eigenvalue weighted by Gasteiger charge is -2.07. The SMILES string of the molecule is Nc1cccc(CCCOc2cc(F)ccc2[N+](=O)[O-])c1. The number of nitrogens with two attached hydrogens (primary N) is 1. The van der Waals surface area contributed by atoms with Crippen molar-refractivity contribution in [2.24, 2.45) is 0 Å². The maximum atomic E-state index is 13.1. The van der Waals surface area contributed by atoms with E-state index in [1.54, 1.807) is 6.07 Å². The number of anilines is 1. The Hall–Kier alpha value is -2.63. The van der Waals surface area contributed by atoms with Crippen molar-refractivity contribution in [3.63, 3.8) is 0 Å². The Bertz CT molecular complexity index is 647. The van der Waals surface area contributed by atoms with E-state index in [-0.39, 0.29) is 18.0 Å². The Labute approximate surface area is 121 Å². The minimum Gasteiger partial charge on any atom is -0.487 e. The first-order chi connectivity index (χ1) is 10.1. The number of benzene rings is 2. The van der Waals surface area contributed by atoms with Crippen molar-refractivity contribution in [2.45, 2.75) is 12.8 Å². The third-order valence-electron chi connectivity index (χ3n) is 2.94. The summed E-state index contributed by atoms with van der Waals surface area (Å²) in [6, 6.07) is 10.6. The third kappa shape index (κ3) is 4.17. The number of nitro benzene ring substituents is 1. The van der Waals surface area contributed by atoms with E-state index in [2.05, 4.69) is 0 Å². The van der Waals surface area contributed by atoms with Crippen LogP contribution >= 0.6 is 0 Å². The highest BCUT2D eigenvalue weighted by atomic mass is 19.1. The molecule has 0 aliphatic carbocycles. The smallest absolute Gasteiger partial charge is 0.311 e. The molecule has 0 saturated heterocycles. The highest BCUT2D eigenvalue weighted by Crippen LogP contribution is 2.27. The molecule has 0 fully saturated rings. The summed E-state index contributed by atoms with van der Waals surface area (Å²) in [5.41, 5.74) is 7.19. The molecule has 2 aromatic carbocycles. The normalized spacial score (nSPS) is 10.3. The zero-order valence-electron chi connectivity index (χ0n) is 11.3. The predicted molar refractivity (Wildman–Crippen MR) is 77.7 cm³/mol. The second-order valence-corrected chi connectivity index (χ2v) is 4.57. The Morgan fingerprint density at radius 1 is 1.24 bits per heavy atom. The Morgan fingerprint density at radius 3 is 2.76 bits per heavy atom. The fraction of sp³-hybridized carbons (Fsp3) is 0.200. The molecule has 2 rings (SSSR count). The van der Waals surface area contributed by atoms with Crippen LogP contribution in [0.15, 0.2) is 42.5 Å². The summed E-state index contributed by atoms with van der Waals surface area (Å²) in [4.78, 5) is 10.2. The number of ether oxygens (including phenoxy) is 1. The standard InChI is InChI=1S/C15H15FN2O3/c16-12-6-7-14(18(19)20)15(10-12)21-8-2-4-11-3-1-5-13(17)9-11/h1,3,5-7,9-10H,2,4,8,17H2. The van der Waals surface area contributed by atoms with Gasteiger partial charge in [-0.25, -0.2) is 4.39 Å². The molecule has 0 spiro atoms. The molecule has 2 N–H and O–H groups in total. The number of hydrogen-bond donors (Lipinski definition) is 1. The van der Waals surface area contributed by atoms with Crippen LogP contribution in [0, 0.1) is 15.9 Å². The van der Waals surface area contributed by atoms with Gasteiger partial charge in [0.15, 0.2) is 5.75 Å². The summed E-state index contributed by atoms with van der Waals surface area (Å²) in [7, 11) is 0. The predicted octanol–water partition coefficient (Wildman–Crippen LogP) is 3.33. The molecule has 6 heteroatoms. The van der Waals surface area contributed by atoms with Crippen LogP contribution in [-0.4, -0.2) is 11.5 Å². The first-order valence-electron chi connectivity index (χ1n) is 6.47. The lowest BCUT2D eigenvalue weighted by molar-refractivity contribution is -0.385. The number of nitrogen functional groups attached to an aromatic ring is 1. The number of nitrogens with zero attached hydrogens (tertiary/aromatic N) is 1. The molecule has 0 saturated carbocycles. The van der Waals surface area contributed by atoms with Crippen molar-refractivity contribution < 1.29 is 14.1 Å². The van der Waals surface area contributed by atoms with Crippen molar-refractivity contribution >= 4 is 11.4 Å². The first kappa shape index (κ1) is 14.8. The molecule has 2 aromatic rings. The lowest BCUT2D eigenvalue weighted by atomic mass is 10.1. The van der Waals surface area contributed by atoms with E-state index in [0.717, 1.165) is 30.2 Å². The molecule has 110 valence electrons. The largest absolute Gasteiger partial charge is 0.487 e. The van der Waals surface area contributed by atoms with E-state index in [1.807, 2.05) is 18.2 Å². The van der Waals surface area contributed by atoms with E-state index in [1.165, 1.54) is 0 Å². The maximum Gasteiger partial charge on any atom is 0.311 e. The molecule has 0 radical (unpaired) electrons. The van der Waals surface area contributed by atoms with Crippen LogP contribution in [0.4, 0.5) is 15.8 Å². The minimum atomic E-state index is -0.591. The fourth-order valence-corrected chi connectivity index (χ4v) is 1.96. The first-order valence-corrected chi connectivity index (χ1v) is 6.47. The van der Waals surface area contributed by atoms with Crippen LogP contribution in [0.2, 0.25) is 0 Å². The van der Waals surface area contributed by atoms with Crippen LogP contribution < -0.4 is 10.5 Å². The van der Waals surface area contributed by atoms with Crippen molar-refractivity contribution in [3.05, 3.63) is 64.0 Å². The average Bonchev–Trinajstić information content (AvgIpc) is 2.43. The molecule has 0 unspecified atom stereocenters. The zero-order chi connectivity index (χ0) is 15.2. The van der Waals surface area contributed by atoms with E-state index in [4.69, 9.17) is 10.5 Å². The van der Waals surface area contributed by atoms with Gasteiger partial charge in [-0.3, -0.25) is 10.1 Å². The van der Waals surface area contributed by atoms with Crippen molar-refractivity contribution in [1.82, 2.24) is 0 Å². The van der Waals surface area contributed by atoms with Gasteiger partial charge in [0, 0.05) is 17.8 Å². The summed E-state index contributed by atoms with van der Waals surface area (Å²) in [6.45, 7) is 0.263. The molecule has 5 nitrogen and oxygen atoms in total. The Kier molecular flexibility index (Phi) is 4.71. The minimum absolute atomic E-state index is 0.0485. The summed E-state index contributed by atoms with van der Waals surface area (Å²) in [6.07, 6.45) is 1.38. The van der Waals surface area contributed by atoms with Gasteiger partial charge in [-0.2, -0.15) is 0 Å². The lowest BCUT2D eigenvalue weighted by Crippen LogP contribution is -2.02. The summed E-state index contributed by atoms with van der Waals surface area (Å²) in [5.74, 6) is -0.612. The van der Waals surface area contributed by atoms with Crippen LogP contribution in [-0.2, 0) is 6.42 Å². The molecule has 0 bridgehead atoms. The maximum absolute atomic E-state index is 13.1. The van der Waals surface area contributed by atoms with E-state index < -0.39 is 10.7 Å². The van der Waals surface area contributed by atoms with Gasteiger partial charge >= 0.3 is 5.69 Å². The molecule has 0 amide bonds. The third-order valence-corrected chi connectivity index (χ3v) is 2.94. The summed E-state index contributed by atoms with van der Waals surface area (Å²) < 4.78 is 18.4. The van der Waals surface area contributed by atoms with Gasteiger partial charge < -0.3 is 10.5 Å². The molecule has 0 heterocycles. The average molecular weight is 290 g/mol. The number of rotatable bonds is 6. The monoisotopic (exact) mass is 290 g/mol. The molecular weight excluding hydrogens is 275 g/mol. The number of nitro groups is 1. The van der Waals surface area contributed by atoms with Crippen LogP contribution in [0.5, 0.6) is 5.75 Å². The Balaban J connectivity index is 1.91. The van der Waals surface area contributed by atoms with Crippen LogP contribution in [0.1, 0.15) is 12.0 Å². The quantitative estimate of drug-likeness (QED) is 0.383. The zero-order valence-corrected chi connectivity index (χ0v) is 11.3. The van der Waals surface area contributed by atoms with Crippen LogP contribution in [0.3, 0.4) is 0 Å². The molecule has 21 heavy (non-hydrogen) atoms. The van der Waals surface area contributed by atoms with E-state index in [0.29, 0.717) is 12.1 Å². The highest BCUT2D eigenvalue weighted by Gasteiger charge is 2.15. The second kappa shape index (κ2) is 6.69. The van der Waals surface area contributed by atoms with Crippen LogP contribution in [0.25, 0.3) is 0 Å². The summed E-state index contributed by atoms with van der Waals surface area (Å²) >= 11 is 0. The van der Waals surface area contributed by atoms with Gasteiger partial charge in [0.25, 0.3) is 0 Å². The highest BCUT2D eigenvalue weighted by molar-refractivity contribution is 5.46. The van der Waals surface area contributed by atoms with Gasteiger partial charge in [0.2, 0.25) is 0 Å². The molecule has 0 aliphatic rings. The van der Waals surface area contributed by atoms with Crippen molar-refractivity contribution in [1.29, 1.82) is 0 Å². The van der Waals surface area contributed by atoms with Gasteiger partial charge in [-0.1, -0.05) is 12.1 Å². The molecule has 0 aromatic heterocycles. The number of hydrogen-bond acceptors (Lipinski definition) is 4. The number of halogens is 1. The molecular formula is C15H15FN2O3. The van der Waals surface area contributed by atoms with E-state index >= 15 is 0 Å². The van der Waals surface area contributed by atoms with E-state index in [9.17, 15) is 14.5 Å². The van der Waals surface area contributed by atoms with Crippen molar-refractivity contribution in [2.75, 3.05) is 12.3 Å². The second-order valence-electron chi connectivity index (χ2n) is 4.57. The molecule has 0 aliphatic heterocycles. The fourth-order valence-electron chi connectivity index (χ4n) is 1.96. The topological polar surface area (TPSA) is 78.4 Å². The van der Waals surface area contributed by atoms with Gasteiger partial charge in [0.05, 0.1) is 11.5 Å². The van der Waals surface area contributed by atoms with Gasteiger partial charge in [-0.15, -0.1) is 0 Å². The molecule has 0 atom stereocenters.